The lowest BCUT2D eigenvalue weighted by Crippen LogP contribution is -1.97. The van der Waals surface area contributed by atoms with Crippen molar-refractivity contribution in [1.82, 2.24) is 0 Å². The van der Waals surface area contributed by atoms with Crippen molar-refractivity contribution < 1.29 is 18.7 Å². The lowest BCUT2D eigenvalue weighted by atomic mass is 10.2. The van der Waals surface area contributed by atoms with E-state index >= 15 is 0 Å². The molecule has 0 bridgehead atoms. The Labute approximate surface area is 115 Å². The van der Waals surface area contributed by atoms with Crippen LogP contribution in [0.5, 0.6) is 5.75 Å². The average molecular weight is 278 g/mol. The maximum Gasteiger partial charge on any atom is 0.373 e. The van der Waals surface area contributed by atoms with Crippen LogP contribution < -0.4 is 4.74 Å². The van der Waals surface area contributed by atoms with Gasteiger partial charge in [0.15, 0.2) is 5.09 Å². The molecule has 0 N–H and O–H groups in total. The Kier molecular flexibility index (Phi) is 4.52. The Balaban J connectivity index is 1.94. The Morgan fingerprint density at radius 1 is 1.16 bits per heavy atom. The van der Waals surface area contributed by atoms with E-state index in [1.165, 1.54) is 18.9 Å². The van der Waals surface area contributed by atoms with Crippen LogP contribution in [0.4, 0.5) is 0 Å². The molecule has 0 aliphatic heterocycles. The molecule has 0 aliphatic rings. The van der Waals surface area contributed by atoms with Crippen LogP contribution in [0.3, 0.4) is 0 Å². The Morgan fingerprint density at radius 3 is 2.53 bits per heavy atom. The van der Waals surface area contributed by atoms with Crippen LogP contribution in [0.1, 0.15) is 16.1 Å². The maximum absolute atomic E-state index is 11.2. The second-order valence-corrected chi connectivity index (χ2v) is 4.73. The molecule has 1 heterocycles. The number of ether oxygens (including phenoxy) is 2. The van der Waals surface area contributed by atoms with Crippen LogP contribution in [0.25, 0.3) is 0 Å². The summed E-state index contributed by atoms with van der Waals surface area (Å²) < 4.78 is 15.0. The predicted molar refractivity (Wildman–Crippen MR) is 72.6 cm³/mol. The summed E-state index contributed by atoms with van der Waals surface area (Å²) in [7, 11) is 2.97. The zero-order chi connectivity index (χ0) is 13.7. The van der Waals surface area contributed by atoms with Gasteiger partial charge in [-0.25, -0.2) is 4.79 Å². The molecule has 1 aromatic carbocycles. The zero-order valence-corrected chi connectivity index (χ0v) is 11.5. The van der Waals surface area contributed by atoms with Crippen LogP contribution in [0.2, 0.25) is 0 Å². The highest BCUT2D eigenvalue weighted by Gasteiger charge is 2.11. The van der Waals surface area contributed by atoms with Gasteiger partial charge in [0, 0.05) is 5.75 Å². The van der Waals surface area contributed by atoms with Crippen molar-refractivity contribution in [3.63, 3.8) is 0 Å². The van der Waals surface area contributed by atoms with Crippen LogP contribution in [-0.4, -0.2) is 20.2 Å². The highest BCUT2D eigenvalue weighted by atomic mass is 32.2. The summed E-state index contributed by atoms with van der Waals surface area (Å²) in [6.07, 6.45) is 0. The number of furan rings is 1. The highest BCUT2D eigenvalue weighted by Crippen LogP contribution is 2.26. The van der Waals surface area contributed by atoms with Crippen molar-refractivity contribution in [2.45, 2.75) is 10.8 Å². The molecule has 1 aromatic heterocycles. The van der Waals surface area contributed by atoms with Gasteiger partial charge in [0.2, 0.25) is 5.76 Å². The molecule has 0 fully saturated rings. The Bertz CT molecular complexity index is 545. The van der Waals surface area contributed by atoms with E-state index in [0.717, 1.165) is 17.1 Å². The van der Waals surface area contributed by atoms with Crippen molar-refractivity contribution >= 4 is 17.7 Å². The van der Waals surface area contributed by atoms with Crippen LogP contribution >= 0.6 is 11.8 Å². The molecule has 0 aliphatic carbocycles. The molecule has 0 spiro atoms. The van der Waals surface area contributed by atoms with Crippen molar-refractivity contribution in [1.29, 1.82) is 0 Å². The molecular formula is C14H14O4S. The molecule has 5 heteroatoms. The van der Waals surface area contributed by atoms with Gasteiger partial charge in [-0.15, -0.1) is 0 Å². The van der Waals surface area contributed by atoms with Crippen LogP contribution in [0, 0.1) is 0 Å². The van der Waals surface area contributed by atoms with Gasteiger partial charge in [-0.1, -0.05) is 23.9 Å². The quantitative estimate of drug-likeness (QED) is 0.620. The summed E-state index contributed by atoms with van der Waals surface area (Å²) in [5.41, 5.74) is 1.15. The minimum absolute atomic E-state index is 0.222. The van der Waals surface area contributed by atoms with E-state index in [0.29, 0.717) is 5.09 Å². The third-order valence-corrected chi connectivity index (χ3v) is 3.49. The molecular weight excluding hydrogens is 264 g/mol. The molecule has 0 amide bonds. The number of esters is 1. The fraction of sp³-hybridized carbons (Fsp3) is 0.214. The monoisotopic (exact) mass is 278 g/mol. The molecule has 100 valence electrons. The van der Waals surface area contributed by atoms with Crippen molar-refractivity contribution in [3.8, 4) is 5.75 Å². The number of hydrogen-bond donors (Lipinski definition) is 0. The van der Waals surface area contributed by atoms with Crippen molar-refractivity contribution in [2.24, 2.45) is 0 Å². The van der Waals surface area contributed by atoms with E-state index in [4.69, 9.17) is 9.15 Å². The number of rotatable bonds is 5. The Hall–Kier alpha value is -1.88. The number of carbonyl (C=O) groups excluding carboxylic acids is 1. The number of benzene rings is 1. The first-order chi connectivity index (χ1) is 9.22. The van der Waals surface area contributed by atoms with Crippen molar-refractivity contribution in [2.75, 3.05) is 14.2 Å². The normalized spacial score (nSPS) is 10.2. The molecule has 4 nitrogen and oxygen atoms in total. The lowest BCUT2D eigenvalue weighted by molar-refractivity contribution is 0.0559. The molecule has 0 unspecified atom stereocenters. The van der Waals surface area contributed by atoms with Crippen molar-refractivity contribution in [3.05, 3.63) is 47.7 Å². The lowest BCUT2D eigenvalue weighted by Gasteiger charge is -2.02. The second-order valence-electron chi connectivity index (χ2n) is 3.75. The van der Waals surface area contributed by atoms with Gasteiger partial charge in [-0.2, -0.15) is 0 Å². The zero-order valence-electron chi connectivity index (χ0n) is 10.7. The molecule has 0 radical (unpaired) electrons. The highest BCUT2D eigenvalue weighted by molar-refractivity contribution is 7.98. The van der Waals surface area contributed by atoms with E-state index in [1.54, 1.807) is 19.2 Å². The fourth-order valence-corrected chi connectivity index (χ4v) is 2.30. The largest absolute Gasteiger partial charge is 0.497 e. The first-order valence-electron chi connectivity index (χ1n) is 5.67. The standard InChI is InChI=1S/C14H14O4S/c1-16-11-5-3-10(4-6-11)9-19-13-8-7-12(18-13)14(15)17-2/h3-8H,9H2,1-2H3. The first-order valence-corrected chi connectivity index (χ1v) is 6.65. The smallest absolute Gasteiger partial charge is 0.373 e. The fourth-order valence-electron chi connectivity index (χ4n) is 1.48. The van der Waals surface area contributed by atoms with E-state index < -0.39 is 5.97 Å². The minimum atomic E-state index is -0.462. The summed E-state index contributed by atoms with van der Waals surface area (Å²) in [6, 6.07) is 11.2. The molecule has 0 saturated carbocycles. The van der Waals surface area contributed by atoms with Crippen LogP contribution in [-0.2, 0) is 10.5 Å². The molecule has 2 rings (SSSR count). The summed E-state index contributed by atoms with van der Waals surface area (Å²) in [4.78, 5) is 11.2. The molecule has 2 aromatic rings. The molecule has 0 saturated heterocycles. The van der Waals surface area contributed by atoms with E-state index in [2.05, 4.69) is 4.74 Å². The minimum Gasteiger partial charge on any atom is -0.497 e. The van der Waals surface area contributed by atoms with E-state index in [9.17, 15) is 4.79 Å². The SMILES string of the molecule is COC(=O)c1ccc(SCc2ccc(OC)cc2)o1. The molecule has 19 heavy (non-hydrogen) atoms. The van der Waals surface area contributed by atoms with Crippen LogP contribution in [0.15, 0.2) is 45.9 Å². The third-order valence-electron chi connectivity index (χ3n) is 2.51. The number of thioether (sulfide) groups is 1. The average Bonchev–Trinajstić information content (AvgIpc) is 2.93. The maximum atomic E-state index is 11.2. The van der Waals surface area contributed by atoms with Gasteiger partial charge in [-0.3, -0.25) is 0 Å². The summed E-state index contributed by atoms with van der Waals surface area (Å²) >= 11 is 1.52. The van der Waals surface area contributed by atoms with Gasteiger partial charge < -0.3 is 13.9 Å². The molecule has 0 atom stereocenters. The van der Waals surface area contributed by atoms with E-state index in [1.807, 2.05) is 24.3 Å². The third kappa shape index (κ3) is 3.54. The number of carbonyl (C=O) groups is 1. The topological polar surface area (TPSA) is 48.7 Å². The summed E-state index contributed by atoms with van der Waals surface area (Å²) in [5.74, 6) is 1.36. The second kappa shape index (κ2) is 6.33. The van der Waals surface area contributed by atoms with Gasteiger partial charge >= 0.3 is 5.97 Å². The van der Waals surface area contributed by atoms with Gasteiger partial charge in [0.05, 0.1) is 14.2 Å². The van der Waals surface area contributed by atoms with E-state index in [-0.39, 0.29) is 5.76 Å². The predicted octanol–water partition coefficient (Wildman–Crippen LogP) is 3.37. The first kappa shape index (κ1) is 13.5. The summed E-state index contributed by atoms with van der Waals surface area (Å²) in [5, 5.41) is 0.691. The van der Waals surface area contributed by atoms with Gasteiger partial charge in [0.25, 0.3) is 0 Å². The Morgan fingerprint density at radius 2 is 1.89 bits per heavy atom. The number of hydrogen-bond acceptors (Lipinski definition) is 5. The van der Waals surface area contributed by atoms with Gasteiger partial charge in [0.1, 0.15) is 5.75 Å². The van der Waals surface area contributed by atoms with Gasteiger partial charge in [-0.05, 0) is 29.8 Å². The summed E-state index contributed by atoms with van der Waals surface area (Å²) in [6.45, 7) is 0. The number of methoxy groups -OCH3 is 2.